The molecule has 0 bridgehead atoms. The van der Waals surface area contributed by atoms with E-state index in [2.05, 4.69) is 114 Å². The quantitative estimate of drug-likeness (QED) is 0.534. The van der Waals surface area contributed by atoms with E-state index in [4.69, 9.17) is 0 Å². The Kier molecular flexibility index (Phi) is 5.49. The summed E-state index contributed by atoms with van der Waals surface area (Å²) < 4.78 is 0. The Hall–Kier alpha value is -2.08. The first kappa shape index (κ1) is 18.3. The van der Waals surface area contributed by atoms with Crippen molar-refractivity contribution >= 4 is 12.2 Å². The summed E-state index contributed by atoms with van der Waals surface area (Å²) in [4.78, 5) is 0. The fraction of sp³-hybridized carbons (Fsp3) is 0.333. The highest BCUT2D eigenvalue weighted by molar-refractivity contribution is 5.57. The fourth-order valence-corrected chi connectivity index (χ4v) is 2.52. The molecule has 0 amide bonds. The summed E-state index contributed by atoms with van der Waals surface area (Å²) in [5.41, 5.74) is 5.62. The molecule has 0 saturated heterocycles. The molecule has 24 heavy (non-hydrogen) atoms. The summed E-state index contributed by atoms with van der Waals surface area (Å²) in [5, 5.41) is 0. The fourth-order valence-electron chi connectivity index (χ4n) is 2.52. The Labute approximate surface area is 147 Å². The molecule has 126 valence electrons. The summed E-state index contributed by atoms with van der Waals surface area (Å²) in [7, 11) is 0. The molecule has 0 spiro atoms. The lowest BCUT2D eigenvalue weighted by Crippen LogP contribution is -2.10. The van der Waals surface area contributed by atoms with Crippen molar-refractivity contribution in [3.8, 4) is 0 Å². The molecule has 0 aliphatic heterocycles. The summed E-state index contributed by atoms with van der Waals surface area (Å²) in [6, 6.07) is 17.6. The van der Waals surface area contributed by atoms with Crippen LogP contribution in [0.3, 0.4) is 0 Å². The van der Waals surface area contributed by atoms with E-state index in [-0.39, 0.29) is 10.8 Å². The van der Waals surface area contributed by atoms with E-state index in [9.17, 15) is 0 Å². The second-order valence-electron chi connectivity index (χ2n) is 8.46. The number of hydrogen-bond acceptors (Lipinski definition) is 0. The van der Waals surface area contributed by atoms with E-state index in [0.29, 0.717) is 0 Å². The first-order valence-corrected chi connectivity index (χ1v) is 8.72. The van der Waals surface area contributed by atoms with Gasteiger partial charge in [0.2, 0.25) is 0 Å². The summed E-state index contributed by atoms with van der Waals surface area (Å²) in [5.74, 6) is 0. The van der Waals surface area contributed by atoms with Gasteiger partial charge in [-0.1, -0.05) is 114 Å². The van der Waals surface area contributed by atoms with Crippen molar-refractivity contribution in [3.63, 3.8) is 0 Å². The molecule has 0 atom stereocenters. The van der Waals surface area contributed by atoms with E-state index in [1.807, 2.05) is 0 Å². The molecule has 0 fully saturated rings. The largest absolute Gasteiger partial charge is 0.0617 e. The maximum Gasteiger partial charge on any atom is -0.0132 e. The molecule has 2 aromatic rings. The van der Waals surface area contributed by atoms with Crippen LogP contribution < -0.4 is 0 Å². The SMILES string of the molecule is CC(C)(C)c1ccc(/C=C/C=C/c2ccc(C(C)(C)C)cc2)cc1. The molecular weight excluding hydrogens is 288 g/mol. The van der Waals surface area contributed by atoms with Crippen LogP contribution in [-0.2, 0) is 10.8 Å². The first-order valence-electron chi connectivity index (χ1n) is 8.72. The molecule has 0 aromatic heterocycles. The van der Waals surface area contributed by atoms with Crippen LogP contribution in [0.1, 0.15) is 63.8 Å². The van der Waals surface area contributed by atoms with E-state index in [0.717, 1.165) is 0 Å². The summed E-state index contributed by atoms with van der Waals surface area (Å²) >= 11 is 0. The van der Waals surface area contributed by atoms with Crippen molar-refractivity contribution in [2.45, 2.75) is 52.4 Å². The molecule has 0 heterocycles. The summed E-state index contributed by atoms with van der Waals surface area (Å²) in [6.45, 7) is 13.4. The van der Waals surface area contributed by atoms with Crippen LogP contribution in [0.5, 0.6) is 0 Å². The van der Waals surface area contributed by atoms with Gasteiger partial charge in [-0.05, 0) is 33.1 Å². The lowest BCUT2D eigenvalue weighted by atomic mass is 9.86. The van der Waals surface area contributed by atoms with Crippen molar-refractivity contribution in [2.24, 2.45) is 0 Å². The van der Waals surface area contributed by atoms with E-state index in [1.54, 1.807) is 0 Å². The standard InChI is InChI=1S/C24H30/c1-23(2,3)21-15-11-19(12-16-21)9-7-8-10-20-13-17-22(18-14-20)24(4,5)6/h7-18H,1-6H3/b9-7+,10-8+. The molecule has 2 rings (SSSR count). The third-order valence-electron chi connectivity index (χ3n) is 4.24. The predicted molar refractivity (Wildman–Crippen MR) is 108 cm³/mol. The average molecular weight is 319 g/mol. The molecule has 0 nitrogen and oxygen atoms in total. The van der Waals surface area contributed by atoms with Gasteiger partial charge in [0.05, 0.1) is 0 Å². The number of hydrogen-bond donors (Lipinski definition) is 0. The van der Waals surface area contributed by atoms with Crippen LogP contribution in [0, 0.1) is 0 Å². The Bertz CT molecular complexity index is 631. The molecule has 0 aliphatic carbocycles. The van der Waals surface area contributed by atoms with Gasteiger partial charge in [0, 0.05) is 0 Å². The number of allylic oxidation sites excluding steroid dienone is 2. The van der Waals surface area contributed by atoms with Crippen molar-refractivity contribution in [2.75, 3.05) is 0 Å². The van der Waals surface area contributed by atoms with Gasteiger partial charge in [-0.15, -0.1) is 0 Å². The first-order chi connectivity index (χ1) is 11.2. The molecule has 0 aliphatic rings. The minimum absolute atomic E-state index is 0.210. The lowest BCUT2D eigenvalue weighted by Gasteiger charge is -2.18. The van der Waals surface area contributed by atoms with Gasteiger partial charge in [-0.2, -0.15) is 0 Å². The average Bonchev–Trinajstić information content (AvgIpc) is 2.51. The monoisotopic (exact) mass is 318 g/mol. The molecule has 0 radical (unpaired) electrons. The zero-order valence-electron chi connectivity index (χ0n) is 15.9. The number of rotatable bonds is 3. The van der Waals surface area contributed by atoms with Gasteiger partial charge >= 0.3 is 0 Å². The molecule has 0 saturated carbocycles. The zero-order valence-corrected chi connectivity index (χ0v) is 15.9. The van der Waals surface area contributed by atoms with Gasteiger partial charge in [0.25, 0.3) is 0 Å². The predicted octanol–water partition coefficient (Wildman–Crippen LogP) is 7.01. The van der Waals surface area contributed by atoms with Crippen LogP contribution in [0.25, 0.3) is 12.2 Å². The smallest absolute Gasteiger partial charge is 0.0132 e. The van der Waals surface area contributed by atoms with Crippen LogP contribution >= 0.6 is 0 Å². The Morgan fingerprint density at radius 1 is 0.500 bits per heavy atom. The minimum Gasteiger partial charge on any atom is -0.0617 e. The van der Waals surface area contributed by atoms with Crippen LogP contribution in [0.4, 0.5) is 0 Å². The molecule has 2 aromatic carbocycles. The van der Waals surface area contributed by atoms with Gasteiger partial charge in [0.15, 0.2) is 0 Å². The van der Waals surface area contributed by atoms with Crippen molar-refractivity contribution < 1.29 is 0 Å². The maximum absolute atomic E-state index is 2.24. The maximum atomic E-state index is 2.24. The second kappa shape index (κ2) is 7.21. The third kappa shape index (κ3) is 5.23. The van der Waals surface area contributed by atoms with Crippen molar-refractivity contribution in [3.05, 3.63) is 82.9 Å². The van der Waals surface area contributed by atoms with Gasteiger partial charge in [0.1, 0.15) is 0 Å². The third-order valence-corrected chi connectivity index (χ3v) is 4.24. The van der Waals surface area contributed by atoms with E-state index >= 15 is 0 Å². The second-order valence-corrected chi connectivity index (χ2v) is 8.46. The van der Waals surface area contributed by atoms with Crippen LogP contribution in [-0.4, -0.2) is 0 Å². The van der Waals surface area contributed by atoms with Gasteiger partial charge in [-0.25, -0.2) is 0 Å². The van der Waals surface area contributed by atoms with Gasteiger partial charge < -0.3 is 0 Å². The van der Waals surface area contributed by atoms with E-state index in [1.165, 1.54) is 22.3 Å². The Morgan fingerprint density at radius 2 is 0.792 bits per heavy atom. The van der Waals surface area contributed by atoms with Crippen LogP contribution in [0.15, 0.2) is 60.7 Å². The lowest BCUT2D eigenvalue weighted by molar-refractivity contribution is 0.590. The van der Waals surface area contributed by atoms with Crippen LogP contribution in [0.2, 0.25) is 0 Å². The highest BCUT2D eigenvalue weighted by Gasteiger charge is 2.13. The topological polar surface area (TPSA) is 0 Å². The number of benzene rings is 2. The Morgan fingerprint density at radius 3 is 1.04 bits per heavy atom. The molecular formula is C24H30. The molecule has 0 unspecified atom stereocenters. The summed E-state index contributed by atoms with van der Waals surface area (Å²) in [6.07, 6.45) is 8.49. The highest BCUT2D eigenvalue weighted by Crippen LogP contribution is 2.23. The normalized spacial score (nSPS) is 13.1. The van der Waals surface area contributed by atoms with E-state index < -0.39 is 0 Å². The Balaban J connectivity index is 1.99. The molecule has 0 N–H and O–H groups in total. The molecule has 0 heteroatoms. The van der Waals surface area contributed by atoms with Crippen molar-refractivity contribution in [1.82, 2.24) is 0 Å². The van der Waals surface area contributed by atoms with Crippen molar-refractivity contribution in [1.29, 1.82) is 0 Å². The minimum atomic E-state index is 0.210. The zero-order chi connectivity index (χ0) is 17.8. The highest BCUT2D eigenvalue weighted by atomic mass is 14.2. The van der Waals surface area contributed by atoms with Gasteiger partial charge in [-0.3, -0.25) is 0 Å².